The van der Waals surface area contributed by atoms with Crippen molar-refractivity contribution in [3.8, 4) is 0 Å². The van der Waals surface area contributed by atoms with Crippen molar-refractivity contribution < 1.29 is 0 Å². The number of benzene rings is 1. The molecule has 1 aromatic heterocycles. The highest BCUT2D eigenvalue weighted by atomic mass is 14.6. The van der Waals surface area contributed by atoms with Gasteiger partial charge in [-0.25, -0.2) is 0 Å². The number of rotatable bonds is 0. The maximum absolute atomic E-state index is 4.11. The Morgan fingerprint density at radius 3 is 2.25 bits per heavy atom. The quantitative estimate of drug-likeness (QED) is 0.573. The van der Waals surface area contributed by atoms with Crippen LogP contribution in [0.25, 0.3) is 10.8 Å². The Balaban J connectivity index is 2.95. The normalized spacial score (nSPS) is 10.5. The molecule has 0 saturated heterocycles. The van der Waals surface area contributed by atoms with Crippen molar-refractivity contribution in [3.05, 3.63) is 41.7 Å². The molecule has 0 amide bonds. The lowest BCUT2D eigenvalue weighted by Crippen LogP contribution is -1.82. The third-order valence-corrected chi connectivity index (χ3v) is 2.25. The summed E-state index contributed by atoms with van der Waals surface area (Å²) in [6, 6.07) is 6.36. The van der Waals surface area contributed by atoms with Gasteiger partial charge in [0, 0.05) is 17.8 Å². The Hall–Kier alpha value is -1.37. The molecule has 0 aliphatic carbocycles. The summed E-state index contributed by atoms with van der Waals surface area (Å²) >= 11 is 0. The number of hydrogen-bond donors (Lipinski definition) is 0. The summed E-state index contributed by atoms with van der Waals surface area (Å²) in [5, 5.41) is 2.57. The van der Waals surface area contributed by atoms with Crippen LogP contribution in [0, 0.1) is 13.8 Å². The van der Waals surface area contributed by atoms with Gasteiger partial charge in [0.2, 0.25) is 0 Å². The maximum atomic E-state index is 4.11. The molecule has 0 aliphatic heterocycles. The smallest absolute Gasteiger partial charge is 0.0349 e. The molecule has 1 heterocycles. The summed E-state index contributed by atoms with van der Waals surface area (Å²) < 4.78 is 0. The number of fused-ring (bicyclic) bond motifs is 1. The predicted molar refractivity (Wildman–Crippen MR) is 51.2 cm³/mol. The molecule has 2 aromatic rings. The molecule has 0 spiro atoms. The molecular weight excluding hydrogens is 146 g/mol. The monoisotopic (exact) mass is 157 g/mol. The summed E-state index contributed by atoms with van der Waals surface area (Å²) in [5.74, 6) is 0. The third-order valence-electron chi connectivity index (χ3n) is 2.25. The Labute approximate surface area is 72.1 Å². The van der Waals surface area contributed by atoms with Crippen LogP contribution in [-0.2, 0) is 0 Å². The Morgan fingerprint density at radius 1 is 0.917 bits per heavy atom. The zero-order chi connectivity index (χ0) is 8.55. The van der Waals surface area contributed by atoms with E-state index in [1.807, 2.05) is 12.4 Å². The van der Waals surface area contributed by atoms with Crippen LogP contribution in [0.3, 0.4) is 0 Å². The van der Waals surface area contributed by atoms with E-state index in [0.29, 0.717) is 0 Å². The average molecular weight is 157 g/mol. The molecule has 2 rings (SSSR count). The number of aryl methyl sites for hydroxylation is 2. The summed E-state index contributed by atoms with van der Waals surface area (Å²) in [4.78, 5) is 4.11. The van der Waals surface area contributed by atoms with Crippen molar-refractivity contribution in [1.29, 1.82) is 0 Å². The summed E-state index contributed by atoms with van der Waals surface area (Å²) in [7, 11) is 0. The Kier molecular flexibility index (Phi) is 1.58. The lowest BCUT2D eigenvalue weighted by molar-refractivity contribution is 1.34. The molecular formula is C11H11N. The molecule has 0 N–H and O–H groups in total. The first-order chi connectivity index (χ1) is 5.79. The highest BCUT2D eigenvalue weighted by Gasteiger charge is 1.98. The van der Waals surface area contributed by atoms with Gasteiger partial charge in [0.25, 0.3) is 0 Å². The van der Waals surface area contributed by atoms with Crippen molar-refractivity contribution in [3.63, 3.8) is 0 Å². The van der Waals surface area contributed by atoms with Crippen molar-refractivity contribution in [2.24, 2.45) is 0 Å². The number of hydrogen-bond acceptors (Lipinski definition) is 1. The molecule has 0 radical (unpaired) electrons. The molecule has 1 nitrogen and oxygen atoms in total. The Morgan fingerprint density at radius 2 is 1.58 bits per heavy atom. The van der Waals surface area contributed by atoms with Gasteiger partial charge in [0.05, 0.1) is 0 Å². The molecule has 0 aliphatic rings. The second kappa shape index (κ2) is 2.59. The summed E-state index contributed by atoms with van der Waals surface area (Å²) in [5.41, 5.74) is 2.61. The second-order valence-electron chi connectivity index (χ2n) is 3.12. The van der Waals surface area contributed by atoms with E-state index >= 15 is 0 Å². The van der Waals surface area contributed by atoms with E-state index in [2.05, 4.69) is 37.0 Å². The zero-order valence-electron chi connectivity index (χ0n) is 7.33. The van der Waals surface area contributed by atoms with Crippen LogP contribution in [0.5, 0.6) is 0 Å². The van der Waals surface area contributed by atoms with Gasteiger partial charge in [-0.1, -0.05) is 12.1 Å². The largest absolute Gasteiger partial charge is 0.264 e. The molecule has 0 unspecified atom stereocenters. The average Bonchev–Trinajstić information content (AvgIpc) is 2.12. The highest BCUT2D eigenvalue weighted by Crippen LogP contribution is 2.19. The minimum Gasteiger partial charge on any atom is -0.264 e. The predicted octanol–water partition coefficient (Wildman–Crippen LogP) is 2.85. The van der Waals surface area contributed by atoms with Crippen molar-refractivity contribution in [1.82, 2.24) is 4.98 Å². The summed E-state index contributed by atoms with van der Waals surface area (Å²) in [6.45, 7) is 4.24. The van der Waals surface area contributed by atoms with Crippen LogP contribution in [0.15, 0.2) is 30.6 Å². The van der Waals surface area contributed by atoms with Gasteiger partial charge >= 0.3 is 0 Å². The first kappa shape index (κ1) is 7.29. The first-order valence-electron chi connectivity index (χ1n) is 4.09. The van der Waals surface area contributed by atoms with E-state index in [1.165, 1.54) is 21.9 Å². The van der Waals surface area contributed by atoms with Crippen LogP contribution in [0.4, 0.5) is 0 Å². The van der Waals surface area contributed by atoms with Gasteiger partial charge in [0.1, 0.15) is 0 Å². The zero-order valence-corrected chi connectivity index (χ0v) is 7.33. The number of pyridine rings is 1. The maximum Gasteiger partial charge on any atom is 0.0349 e. The van der Waals surface area contributed by atoms with Crippen LogP contribution in [0.2, 0.25) is 0 Å². The standard InChI is InChI=1S/C11H11N/c1-8-3-4-9(2)11-7-12-6-5-10(8)11/h3-7H,1-2H3. The van der Waals surface area contributed by atoms with Crippen LogP contribution in [-0.4, -0.2) is 4.98 Å². The van der Waals surface area contributed by atoms with E-state index in [4.69, 9.17) is 0 Å². The van der Waals surface area contributed by atoms with E-state index < -0.39 is 0 Å². The number of nitrogens with zero attached hydrogens (tertiary/aromatic N) is 1. The fraction of sp³-hybridized carbons (Fsp3) is 0.182. The van der Waals surface area contributed by atoms with Gasteiger partial charge in [0.15, 0.2) is 0 Å². The lowest BCUT2D eigenvalue weighted by Gasteiger charge is -2.03. The van der Waals surface area contributed by atoms with Crippen LogP contribution in [0.1, 0.15) is 11.1 Å². The van der Waals surface area contributed by atoms with Gasteiger partial charge < -0.3 is 0 Å². The highest BCUT2D eigenvalue weighted by molar-refractivity contribution is 5.87. The van der Waals surface area contributed by atoms with Crippen molar-refractivity contribution in [2.75, 3.05) is 0 Å². The van der Waals surface area contributed by atoms with Crippen molar-refractivity contribution in [2.45, 2.75) is 13.8 Å². The molecule has 0 atom stereocenters. The third kappa shape index (κ3) is 0.981. The molecule has 1 heteroatoms. The van der Waals surface area contributed by atoms with E-state index in [9.17, 15) is 0 Å². The summed E-state index contributed by atoms with van der Waals surface area (Å²) in [6.07, 6.45) is 3.77. The minimum atomic E-state index is 1.26. The first-order valence-corrected chi connectivity index (χ1v) is 4.09. The number of aromatic nitrogens is 1. The van der Waals surface area contributed by atoms with E-state index in [-0.39, 0.29) is 0 Å². The molecule has 12 heavy (non-hydrogen) atoms. The van der Waals surface area contributed by atoms with Gasteiger partial charge in [-0.3, -0.25) is 4.98 Å². The molecule has 1 aromatic carbocycles. The Bertz CT molecular complexity index is 378. The van der Waals surface area contributed by atoms with Gasteiger partial charge in [-0.05, 0) is 36.4 Å². The van der Waals surface area contributed by atoms with E-state index in [0.717, 1.165) is 0 Å². The fourth-order valence-corrected chi connectivity index (χ4v) is 1.48. The second-order valence-corrected chi connectivity index (χ2v) is 3.12. The van der Waals surface area contributed by atoms with Crippen molar-refractivity contribution >= 4 is 10.8 Å². The molecule has 0 bridgehead atoms. The van der Waals surface area contributed by atoms with Gasteiger partial charge in [-0.15, -0.1) is 0 Å². The SMILES string of the molecule is Cc1ccc(C)c2cnccc12. The molecule has 0 saturated carbocycles. The fourth-order valence-electron chi connectivity index (χ4n) is 1.48. The van der Waals surface area contributed by atoms with E-state index in [1.54, 1.807) is 0 Å². The lowest BCUT2D eigenvalue weighted by atomic mass is 10.0. The van der Waals surface area contributed by atoms with Crippen LogP contribution >= 0.6 is 0 Å². The van der Waals surface area contributed by atoms with Gasteiger partial charge in [-0.2, -0.15) is 0 Å². The minimum absolute atomic E-state index is 1.26. The van der Waals surface area contributed by atoms with Crippen LogP contribution < -0.4 is 0 Å². The molecule has 60 valence electrons. The molecule has 0 fully saturated rings. The topological polar surface area (TPSA) is 12.9 Å².